The van der Waals surface area contributed by atoms with Crippen molar-refractivity contribution in [1.29, 1.82) is 0 Å². The van der Waals surface area contributed by atoms with Gasteiger partial charge in [0.05, 0.1) is 0 Å². The summed E-state index contributed by atoms with van der Waals surface area (Å²) in [4.78, 5) is 10.4. The van der Waals surface area contributed by atoms with E-state index in [1.165, 1.54) is 6.08 Å². The molecule has 0 aliphatic carbocycles. The van der Waals surface area contributed by atoms with Crippen LogP contribution in [0.1, 0.15) is 19.3 Å². The predicted molar refractivity (Wildman–Crippen MR) is 34.4 cm³/mol. The average Bonchev–Trinajstić information content (AvgIpc) is 1.83. The van der Waals surface area contributed by atoms with Crippen LogP contribution in [0.2, 0.25) is 0 Å². The van der Waals surface area contributed by atoms with E-state index in [-0.39, 0.29) is 5.78 Å². The van der Waals surface area contributed by atoms with Gasteiger partial charge in [-0.3, -0.25) is 4.79 Å². The van der Waals surface area contributed by atoms with E-state index in [0.717, 1.165) is 12.8 Å². The summed E-state index contributed by atoms with van der Waals surface area (Å²) in [7, 11) is 0. The van der Waals surface area contributed by atoms with Crippen molar-refractivity contribution in [3.05, 3.63) is 19.6 Å². The summed E-state index contributed by atoms with van der Waals surface area (Å²) in [6, 6.07) is 0. The van der Waals surface area contributed by atoms with Crippen LogP contribution in [0.15, 0.2) is 12.7 Å². The molecule has 0 aromatic rings. The van der Waals surface area contributed by atoms with E-state index in [9.17, 15) is 4.79 Å². The maximum absolute atomic E-state index is 10.4. The van der Waals surface area contributed by atoms with E-state index >= 15 is 0 Å². The van der Waals surface area contributed by atoms with Gasteiger partial charge in [-0.1, -0.05) is 19.9 Å². The van der Waals surface area contributed by atoms with Gasteiger partial charge in [-0.25, -0.2) is 0 Å². The second kappa shape index (κ2) is 4.57. The molecule has 0 N–H and O–H groups in total. The third kappa shape index (κ3) is 3.59. The Morgan fingerprint density at radius 2 is 2.25 bits per heavy atom. The summed E-state index contributed by atoms with van der Waals surface area (Å²) >= 11 is 0. The average molecular weight is 111 g/mol. The molecule has 0 aliphatic rings. The quantitative estimate of drug-likeness (QED) is 0.505. The number of unbranched alkanes of at least 4 members (excludes halogenated alkanes) is 1. The van der Waals surface area contributed by atoms with E-state index < -0.39 is 0 Å². The number of rotatable bonds is 4. The number of hydrogen-bond acceptors (Lipinski definition) is 1. The van der Waals surface area contributed by atoms with Crippen LogP contribution in [-0.2, 0) is 4.79 Å². The predicted octanol–water partition coefficient (Wildman–Crippen LogP) is 1.75. The standard InChI is InChI=1S/C7H11O/c1-3-5-6-7(8)4-2/h4H,1-3,5-6H2. The number of allylic oxidation sites excluding steroid dienone is 1. The van der Waals surface area contributed by atoms with Crippen LogP contribution in [0.3, 0.4) is 0 Å². The fraction of sp³-hybridized carbons (Fsp3) is 0.429. The van der Waals surface area contributed by atoms with Gasteiger partial charge in [0.15, 0.2) is 5.78 Å². The molecule has 8 heavy (non-hydrogen) atoms. The van der Waals surface area contributed by atoms with E-state index in [2.05, 4.69) is 13.5 Å². The first-order valence-electron chi connectivity index (χ1n) is 2.75. The highest BCUT2D eigenvalue weighted by Gasteiger charge is 1.90. The first kappa shape index (κ1) is 7.41. The summed E-state index contributed by atoms with van der Waals surface area (Å²) in [5.41, 5.74) is 0. The van der Waals surface area contributed by atoms with Gasteiger partial charge in [0, 0.05) is 6.42 Å². The highest BCUT2D eigenvalue weighted by atomic mass is 16.1. The largest absolute Gasteiger partial charge is 0.295 e. The lowest BCUT2D eigenvalue weighted by atomic mass is 10.2. The molecule has 0 atom stereocenters. The fourth-order valence-corrected chi connectivity index (χ4v) is 0.401. The Bertz CT molecular complexity index is 84.4. The summed E-state index contributed by atoms with van der Waals surface area (Å²) in [5, 5.41) is 0. The van der Waals surface area contributed by atoms with Crippen molar-refractivity contribution < 1.29 is 4.79 Å². The van der Waals surface area contributed by atoms with Crippen molar-refractivity contribution in [3.63, 3.8) is 0 Å². The molecule has 0 amide bonds. The van der Waals surface area contributed by atoms with Gasteiger partial charge in [-0.05, 0) is 12.5 Å². The summed E-state index contributed by atoms with van der Waals surface area (Å²) in [6.45, 7) is 6.95. The SMILES string of the molecule is [CH2]CCCC(=O)C=C. The number of carbonyl (C=O) groups excluding carboxylic acids is 1. The maximum atomic E-state index is 10.4. The van der Waals surface area contributed by atoms with E-state index in [1.807, 2.05) is 0 Å². The second-order valence-corrected chi connectivity index (χ2v) is 1.63. The fourth-order valence-electron chi connectivity index (χ4n) is 0.401. The molecule has 0 saturated carbocycles. The molecular formula is C7H11O. The molecule has 0 aromatic heterocycles. The van der Waals surface area contributed by atoms with E-state index in [0.29, 0.717) is 6.42 Å². The Morgan fingerprint density at radius 3 is 2.62 bits per heavy atom. The topological polar surface area (TPSA) is 17.1 Å². The molecule has 0 unspecified atom stereocenters. The molecule has 45 valence electrons. The van der Waals surface area contributed by atoms with Crippen molar-refractivity contribution >= 4 is 5.78 Å². The van der Waals surface area contributed by atoms with Crippen molar-refractivity contribution in [2.45, 2.75) is 19.3 Å². The third-order valence-corrected chi connectivity index (χ3v) is 0.901. The molecule has 1 heteroatoms. The second-order valence-electron chi connectivity index (χ2n) is 1.63. The van der Waals surface area contributed by atoms with Crippen molar-refractivity contribution in [2.24, 2.45) is 0 Å². The van der Waals surface area contributed by atoms with Crippen LogP contribution in [-0.4, -0.2) is 5.78 Å². The Morgan fingerprint density at radius 1 is 1.62 bits per heavy atom. The number of carbonyl (C=O) groups is 1. The highest BCUT2D eigenvalue weighted by Crippen LogP contribution is 1.93. The van der Waals surface area contributed by atoms with Crippen LogP contribution in [0.5, 0.6) is 0 Å². The summed E-state index contributed by atoms with van der Waals surface area (Å²) in [6.07, 6.45) is 3.67. The third-order valence-electron chi connectivity index (χ3n) is 0.901. The zero-order valence-corrected chi connectivity index (χ0v) is 5.02. The Labute approximate surface area is 50.4 Å². The summed E-state index contributed by atoms with van der Waals surface area (Å²) in [5.74, 6) is 0.119. The molecule has 0 aliphatic heterocycles. The van der Waals surface area contributed by atoms with Crippen molar-refractivity contribution in [1.82, 2.24) is 0 Å². The van der Waals surface area contributed by atoms with E-state index in [1.54, 1.807) is 0 Å². The lowest BCUT2D eigenvalue weighted by Gasteiger charge is -1.87. The van der Waals surface area contributed by atoms with Gasteiger partial charge in [0.2, 0.25) is 0 Å². The van der Waals surface area contributed by atoms with Gasteiger partial charge in [0.1, 0.15) is 0 Å². The minimum absolute atomic E-state index is 0.119. The zero-order chi connectivity index (χ0) is 6.41. The molecule has 0 spiro atoms. The maximum Gasteiger partial charge on any atom is 0.155 e. The van der Waals surface area contributed by atoms with E-state index in [4.69, 9.17) is 0 Å². The highest BCUT2D eigenvalue weighted by molar-refractivity contribution is 5.88. The molecule has 0 saturated heterocycles. The van der Waals surface area contributed by atoms with Crippen LogP contribution >= 0.6 is 0 Å². The van der Waals surface area contributed by atoms with Gasteiger partial charge in [-0.2, -0.15) is 0 Å². The van der Waals surface area contributed by atoms with Crippen molar-refractivity contribution in [2.75, 3.05) is 0 Å². The Balaban J connectivity index is 3.11. The Kier molecular flexibility index (Phi) is 4.23. The van der Waals surface area contributed by atoms with Gasteiger partial charge in [0.25, 0.3) is 0 Å². The number of hydrogen-bond donors (Lipinski definition) is 0. The lowest BCUT2D eigenvalue weighted by molar-refractivity contribution is -0.114. The smallest absolute Gasteiger partial charge is 0.155 e. The monoisotopic (exact) mass is 111 g/mol. The summed E-state index contributed by atoms with van der Waals surface area (Å²) < 4.78 is 0. The Hall–Kier alpha value is -0.590. The normalized spacial score (nSPS) is 8.62. The molecule has 0 aromatic carbocycles. The first-order chi connectivity index (χ1) is 3.81. The minimum atomic E-state index is 0.119. The van der Waals surface area contributed by atoms with Crippen molar-refractivity contribution in [3.8, 4) is 0 Å². The first-order valence-corrected chi connectivity index (χ1v) is 2.75. The van der Waals surface area contributed by atoms with Gasteiger partial charge >= 0.3 is 0 Å². The molecule has 0 heterocycles. The molecule has 0 fully saturated rings. The molecule has 0 rings (SSSR count). The zero-order valence-electron chi connectivity index (χ0n) is 5.02. The molecule has 1 nitrogen and oxygen atoms in total. The minimum Gasteiger partial charge on any atom is -0.295 e. The van der Waals surface area contributed by atoms with Gasteiger partial charge in [-0.15, -0.1) is 0 Å². The lowest BCUT2D eigenvalue weighted by Crippen LogP contribution is -1.89. The van der Waals surface area contributed by atoms with Crippen LogP contribution < -0.4 is 0 Å². The number of ketones is 1. The van der Waals surface area contributed by atoms with Gasteiger partial charge < -0.3 is 0 Å². The molecular weight excluding hydrogens is 100 g/mol. The van der Waals surface area contributed by atoms with Crippen LogP contribution in [0.25, 0.3) is 0 Å². The molecule has 0 bridgehead atoms. The van der Waals surface area contributed by atoms with Crippen LogP contribution in [0, 0.1) is 6.92 Å². The van der Waals surface area contributed by atoms with Crippen LogP contribution in [0.4, 0.5) is 0 Å². The molecule has 1 radical (unpaired) electrons.